The second kappa shape index (κ2) is 7.13. The molecule has 0 aromatic carbocycles. The van der Waals surface area contributed by atoms with Crippen molar-refractivity contribution in [2.24, 2.45) is 5.10 Å². The standard InChI is InChI=1S/C18H14N6O2S2/c25-17(11-23-21-18(19-22-23)16-6-3-9-28-16)24-13(14-4-1-7-26-14)10-12(20-24)15-5-2-8-27-15/h1-9,13H,10-11H2/t13-/m1/s1. The summed E-state index contributed by atoms with van der Waals surface area (Å²) < 4.78 is 5.55. The van der Waals surface area contributed by atoms with E-state index in [0.29, 0.717) is 18.0 Å². The highest BCUT2D eigenvalue weighted by Crippen LogP contribution is 2.34. The molecule has 10 heteroatoms. The van der Waals surface area contributed by atoms with E-state index in [1.54, 1.807) is 17.6 Å². The van der Waals surface area contributed by atoms with Crippen LogP contribution in [0.3, 0.4) is 0 Å². The van der Waals surface area contributed by atoms with Crippen LogP contribution in [0.4, 0.5) is 0 Å². The van der Waals surface area contributed by atoms with Crippen LogP contribution in [0.15, 0.2) is 62.9 Å². The Morgan fingerprint density at radius 1 is 1.14 bits per heavy atom. The Labute approximate surface area is 167 Å². The van der Waals surface area contributed by atoms with Crippen LogP contribution >= 0.6 is 22.7 Å². The lowest BCUT2D eigenvalue weighted by Crippen LogP contribution is -2.31. The minimum atomic E-state index is -0.278. The Morgan fingerprint density at radius 2 is 1.96 bits per heavy atom. The molecule has 0 aliphatic carbocycles. The first kappa shape index (κ1) is 17.0. The van der Waals surface area contributed by atoms with Crippen LogP contribution in [-0.2, 0) is 11.3 Å². The number of carbonyl (C=O) groups excluding carboxylic acids is 1. The Kier molecular flexibility index (Phi) is 4.34. The van der Waals surface area contributed by atoms with Gasteiger partial charge >= 0.3 is 0 Å². The maximum Gasteiger partial charge on any atom is 0.267 e. The molecule has 0 radical (unpaired) electrons. The number of nitrogens with zero attached hydrogens (tertiary/aromatic N) is 6. The zero-order valence-electron chi connectivity index (χ0n) is 14.5. The van der Waals surface area contributed by atoms with Crippen molar-refractivity contribution in [3.05, 3.63) is 64.1 Å². The van der Waals surface area contributed by atoms with Gasteiger partial charge in [-0.3, -0.25) is 4.79 Å². The highest BCUT2D eigenvalue weighted by Gasteiger charge is 2.35. The molecule has 1 atom stereocenters. The van der Waals surface area contributed by atoms with Crippen molar-refractivity contribution in [1.82, 2.24) is 25.2 Å². The molecule has 140 valence electrons. The first-order chi connectivity index (χ1) is 13.8. The predicted molar refractivity (Wildman–Crippen MR) is 105 cm³/mol. The third kappa shape index (κ3) is 3.16. The van der Waals surface area contributed by atoms with Crippen molar-refractivity contribution in [2.75, 3.05) is 0 Å². The first-order valence-corrected chi connectivity index (χ1v) is 10.3. The van der Waals surface area contributed by atoms with Crippen molar-refractivity contribution in [2.45, 2.75) is 19.0 Å². The molecule has 0 N–H and O–H groups in total. The van der Waals surface area contributed by atoms with E-state index in [4.69, 9.17) is 4.42 Å². The van der Waals surface area contributed by atoms with E-state index >= 15 is 0 Å². The topological polar surface area (TPSA) is 89.4 Å². The van der Waals surface area contributed by atoms with E-state index in [2.05, 4.69) is 20.5 Å². The van der Waals surface area contributed by atoms with Crippen LogP contribution < -0.4 is 0 Å². The van der Waals surface area contributed by atoms with Crippen LogP contribution in [0.25, 0.3) is 10.7 Å². The van der Waals surface area contributed by atoms with Gasteiger partial charge in [-0.25, -0.2) is 5.01 Å². The molecule has 1 amide bonds. The van der Waals surface area contributed by atoms with Crippen LogP contribution in [0, 0.1) is 0 Å². The van der Waals surface area contributed by atoms with E-state index < -0.39 is 0 Å². The predicted octanol–water partition coefficient (Wildman–Crippen LogP) is 3.43. The van der Waals surface area contributed by atoms with Gasteiger partial charge in [0.05, 0.1) is 21.7 Å². The number of tetrazole rings is 1. The summed E-state index contributed by atoms with van der Waals surface area (Å²) in [6.07, 6.45) is 2.21. The summed E-state index contributed by atoms with van der Waals surface area (Å²) in [5, 5.41) is 22.3. The summed E-state index contributed by atoms with van der Waals surface area (Å²) in [7, 11) is 0. The SMILES string of the molecule is O=C(Cn1nnc(-c2cccs2)n1)N1N=C(c2cccs2)C[C@@H]1c1ccco1. The molecule has 0 fully saturated rings. The van der Waals surface area contributed by atoms with E-state index in [-0.39, 0.29) is 18.5 Å². The smallest absolute Gasteiger partial charge is 0.267 e. The monoisotopic (exact) mass is 410 g/mol. The molecule has 8 nitrogen and oxygen atoms in total. The molecule has 0 bridgehead atoms. The maximum absolute atomic E-state index is 13.0. The van der Waals surface area contributed by atoms with E-state index in [9.17, 15) is 4.79 Å². The van der Waals surface area contributed by atoms with Gasteiger partial charge in [-0.15, -0.1) is 32.9 Å². The normalized spacial score (nSPS) is 16.5. The Hall–Kier alpha value is -3.11. The van der Waals surface area contributed by atoms with Gasteiger partial charge in [0.25, 0.3) is 5.91 Å². The molecule has 28 heavy (non-hydrogen) atoms. The number of aromatic nitrogens is 4. The lowest BCUT2D eigenvalue weighted by atomic mass is 10.1. The number of furan rings is 1. The fourth-order valence-corrected chi connectivity index (χ4v) is 4.41. The van der Waals surface area contributed by atoms with Gasteiger partial charge in [0.2, 0.25) is 5.82 Å². The number of hydrogen-bond acceptors (Lipinski definition) is 8. The van der Waals surface area contributed by atoms with Gasteiger partial charge in [-0.2, -0.15) is 9.90 Å². The second-order valence-electron chi connectivity index (χ2n) is 6.12. The molecular formula is C18H14N6O2S2. The van der Waals surface area contributed by atoms with Crippen molar-refractivity contribution in [1.29, 1.82) is 0 Å². The molecule has 4 aromatic rings. The lowest BCUT2D eigenvalue weighted by Gasteiger charge is -2.19. The van der Waals surface area contributed by atoms with Crippen molar-refractivity contribution in [3.63, 3.8) is 0 Å². The molecule has 1 aliphatic rings. The molecule has 0 unspecified atom stereocenters. The zero-order valence-corrected chi connectivity index (χ0v) is 16.1. The second-order valence-corrected chi connectivity index (χ2v) is 8.01. The third-order valence-corrected chi connectivity index (χ3v) is 6.10. The van der Waals surface area contributed by atoms with Gasteiger partial charge in [-0.1, -0.05) is 12.1 Å². The molecule has 5 rings (SSSR count). The average Bonchev–Trinajstić information content (AvgIpc) is 3.53. The van der Waals surface area contributed by atoms with Crippen molar-refractivity contribution >= 4 is 34.3 Å². The number of thiophene rings is 2. The molecule has 1 aliphatic heterocycles. The average molecular weight is 410 g/mol. The summed E-state index contributed by atoms with van der Waals surface area (Å²) in [5.74, 6) is 0.993. The maximum atomic E-state index is 13.0. The number of amides is 1. The van der Waals surface area contributed by atoms with Gasteiger partial charge < -0.3 is 4.42 Å². The molecule has 4 aromatic heterocycles. The van der Waals surface area contributed by atoms with E-state index in [1.807, 2.05) is 47.2 Å². The third-order valence-electron chi connectivity index (χ3n) is 4.31. The number of hydrazone groups is 1. The summed E-state index contributed by atoms with van der Waals surface area (Å²) >= 11 is 3.13. The Bertz CT molecular complexity index is 1100. The molecule has 0 saturated carbocycles. The highest BCUT2D eigenvalue weighted by atomic mass is 32.1. The van der Waals surface area contributed by atoms with Crippen molar-refractivity contribution in [3.8, 4) is 10.7 Å². The lowest BCUT2D eigenvalue weighted by molar-refractivity contribution is -0.134. The largest absolute Gasteiger partial charge is 0.467 e. The summed E-state index contributed by atoms with van der Waals surface area (Å²) in [5.41, 5.74) is 0.871. The molecule has 0 spiro atoms. The van der Waals surface area contributed by atoms with Crippen LogP contribution in [0.2, 0.25) is 0 Å². The number of hydrogen-bond donors (Lipinski definition) is 0. The van der Waals surface area contributed by atoms with Gasteiger partial charge in [0.1, 0.15) is 18.3 Å². The molecule has 5 heterocycles. The Balaban J connectivity index is 1.39. The molecular weight excluding hydrogens is 396 g/mol. The van der Waals surface area contributed by atoms with Crippen LogP contribution in [-0.4, -0.2) is 36.8 Å². The summed E-state index contributed by atoms with van der Waals surface area (Å²) in [6, 6.07) is 11.2. The number of carbonyl (C=O) groups is 1. The van der Waals surface area contributed by atoms with Gasteiger partial charge in [-0.05, 0) is 40.2 Å². The van der Waals surface area contributed by atoms with Gasteiger partial charge in [0.15, 0.2) is 0 Å². The first-order valence-electron chi connectivity index (χ1n) is 8.56. The van der Waals surface area contributed by atoms with E-state index in [1.165, 1.54) is 21.1 Å². The minimum Gasteiger partial charge on any atom is -0.467 e. The number of rotatable bonds is 5. The van der Waals surface area contributed by atoms with Crippen LogP contribution in [0.1, 0.15) is 23.1 Å². The summed E-state index contributed by atoms with van der Waals surface area (Å²) in [4.78, 5) is 16.2. The summed E-state index contributed by atoms with van der Waals surface area (Å²) in [6.45, 7) is -0.0448. The van der Waals surface area contributed by atoms with Crippen molar-refractivity contribution < 1.29 is 9.21 Å². The quantitative estimate of drug-likeness (QED) is 0.503. The zero-order chi connectivity index (χ0) is 18.9. The Morgan fingerprint density at radius 3 is 2.68 bits per heavy atom. The highest BCUT2D eigenvalue weighted by molar-refractivity contribution is 7.13. The fourth-order valence-electron chi connectivity index (χ4n) is 3.04. The van der Waals surface area contributed by atoms with Gasteiger partial charge in [0, 0.05) is 6.42 Å². The van der Waals surface area contributed by atoms with Crippen LogP contribution in [0.5, 0.6) is 0 Å². The van der Waals surface area contributed by atoms with E-state index in [0.717, 1.165) is 15.5 Å². The fraction of sp³-hybridized carbons (Fsp3) is 0.167. The minimum absolute atomic E-state index is 0.0448. The molecule has 0 saturated heterocycles.